The third kappa shape index (κ3) is 10.3. The Morgan fingerprint density at radius 1 is 0.440 bits per heavy atom. The first-order valence-electron chi connectivity index (χ1n) is 18.3. The van der Waals surface area contributed by atoms with Crippen LogP contribution in [0.3, 0.4) is 0 Å². The summed E-state index contributed by atoms with van der Waals surface area (Å²) in [7, 11) is -2.80. The van der Waals surface area contributed by atoms with Crippen molar-refractivity contribution in [3.8, 4) is 0 Å². The van der Waals surface area contributed by atoms with Crippen LogP contribution in [0, 0.1) is 0 Å². The first-order valence-corrected chi connectivity index (χ1v) is 20.3. The second-order valence-electron chi connectivity index (χ2n) is 16.1. The van der Waals surface area contributed by atoms with Crippen LogP contribution in [0.25, 0.3) is 0 Å². The zero-order valence-corrected chi connectivity index (χ0v) is 38.1. The molecule has 0 saturated carbocycles. The molecular weight excluding hydrogens is 723 g/mol. The van der Waals surface area contributed by atoms with E-state index in [9.17, 15) is 0 Å². The Bertz CT molecular complexity index is 1400. The average molecular weight is 786 g/mol. The quantitative estimate of drug-likeness (QED) is 0.117. The minimum absolute atomic E-state index is 0. The molecule has 0 radical (unpaired) electrons. The molecule has 0 aliphatic rings. The molecule has 1 atom stereocenters. The molecule has 0 aliphatic carbocycles. The van der Waals surface area contributed by atoms with Gasteiger partial charge in [0.15, 0.2) is 0 Å². The van der Waals surface area contributed by atoms with Gasteiger partial charge in [-0.1, -0.05) is 179 Å². The van der Waals surface area contributed by atoms with E-state index in [1.165, 1.54) is 59.7 Å². The van der Waals surface area contributed by atoms with Gasteiger partial charge in [0.1, 0.15) is 8.07 Å². The van der Waals surface area contributed by atoms with E-state index in [4.69, 9.17) is 0 Å². The fourth-order valence-corrected chi connectivity index (χ4v) is 11.9. The number of hydrogen-bond donors (Lipinski definition) is 0. The summed E-state index contributed by atoms with van der Waals surface area (Å²) in [4.78, 5) is 0. The second kappa shape index (κ2) is 20.3. The van der Waals surface area contributed by atoms with E-state index in [2.05, 4.69) is 170 Å². The number of rotatable bonds is 12. The van der Waals surface area contributed by atoms with E-state index in [1.807, 2.05) is 0 Å². The predicted molar refractivity (Wildman–Crippen MR) is 209 cm³/mol. The van der Waals surface area contributed by atoms with Crippen molar-refractivity contribution in [3.63, 3.8) is 0 Å². The Morgan fingerprint density at radius 2 is 0.700 bits per heavy atom. The van der Waals surface area contributed by atoms with E-state index in [-0.39, 0.29) is 58.9 Å². The summed E-state index contributed by atoms with van der Waals surface area (Å²) in [5.74, 6) is 3.29. The third-order valence-corrected chi connectivity index (χ3v) is 15.3. The normalized spacial score (nSPS) is 12.2. The van der Waals surface area contributed by atoms with E-state index < -0.39 is 8.07 Å². The molecular formula is C45H63Cl3SiTi. The number of halogens is 3. The molecule has 0 bridgehead atoms. The smallest absolute Gasteiger partial charge is 1.00 e. The Hall–Kier alpha value is -1.19. The molecule has 0 aromatic heterocycles. The van der Waals surface area contributed by atoms with E-state index in [0.29, 0.717) is 41.4 Å². The van der Waals surface area contributed by atoms with Crippen molar-refractivity contribution < 1.29 is 58.9 Å². The van der Waals surface area contributed by atoms with Crippen molar-refractivity contribution >= 4 is 28.8 Å². The summed E-state index contributed by atoms with van der Waals surface area (Å²) in [5, 5.41) is 6.14. The molecule has 272 valence electrons. The van der Waals surface area contributed by atoms with Crippen molar-refractivity contribution in [2.24, 2.45) is 0 Å². The molecule has 4 aromatic carbocycles. The summed E-state index contributed by atoms with van der Waals surface area (Å²) >= 11 is 0. The van der Waals surface area contributed by atoms with Crippen LogP contribution < -0.4 is 58.0 Å². The maximum absolute atomic E-state index is 2.80. The largest absolute Gasteiger partial charge is 4.00 e. The minimum Gasteiger partial charge on any atom is -1.00 e. The Labute approximate surface area is 341 Å². The number of benzene rings is 3. The zero-order chi connectivity index (χ0) is 34.1. The molecule has 0 saturated heterocycles. The van der Waals surface area contributed by atoms with Crippen molar-refractivity contribution in [2.75, 3.05) is 0 Å². The molecule has 4 aromatic rings. The molecule has 0 nitrogen and oxygen atoms in total. The van der Waals surface area contributed by atoms with Gasteiger partial charge in [-0.25, -0.2) is 6.07 Å². The molecule has 0 aliphatic heterocycles. The first kappa shape index (κ1) is 48.8. The summed E-state index contributed by atoms with van der Waals surface area (Å²) in [6, 6.07) is 30.8. The van der Waals surface area contributed by atoms with Crippen LogP contribution in [-0.4, -0.2) is 8.07 Å². The van der Waals surface area contributed by atoms with Gasteiger partial charge in [-0.05, 0) is 68.9 Å². The van der Waals surface area contributed by atoms with Gasteiger partial charge in [0.2, 0.25) is 0 Å². The summed E-state index contributed by atoms with van der Waals surface area (Å²) in [6.45, 7) is 33.1. The topological polar surface area (TPSA) is 0 Å². The van der Waals surface area contributed by atoms with Crippen LogP contribution in [0.5, 0.6) is 0 Å². The standard InChI is InChI=1S/C45H63Si.3ClH.Ti/c1-15-34(14)35-16-17-42(21-35)46(43-22-36(28(2)3)18-37(23-43)29(4)5,44-24-38(30(6)7)19-39(25-44)31(8)9)45-26-40(32(10)11)20-41(27-45)33(12)13;;;;/h16-34H,15H2,1-14H3;3*1H;/q-1;;;;+4/p-3. The monoisotopic (exact) mass is 784 g/mol. The van der Waals surface area contributed by atoms with E-state index >= 15 is 0 Å². The molecule has 0 fully saturated rings. The maximum atomic E-state index is 2.62. The fraction of sp³-hybridized carbons (Fsp3) is 0.489. The first-order chi connectivity index (χ1) is 21.6. The van der Waals surface area contributed by atoms with Crippen molar-refractivity contribution in [2.45, 2.75) is 145 Å². The van der Waals surface area contributed by atoms with Gasteiger partial charge in [0.25, 0.3) is 0 Å². The van der Waals surface area contributed by atoms with E-state index in [1.54, 1.807) is 0 Å². The van der Waals surface area contributed by atoms with Gasteiger partial charge in [-0.3, -0.25) is 0 Å². The third-order valence-electron chi connectivity index (χ3n) is 10.6. The molecule has 4 rings (SSSR count). The van der Waals surface area contributed by atoms with Crippen LogP contribution in [0.15, 0.2) is 72.8 Å². The van der Waals surface area contributed by atoms with Gasteiger partial charge in [0, 0.05) is 0 Å². The molecule has 0 amide bonds. The summed E-state index contributed by atoms with van der Waals surface area (Å²) < 4.78 is 0. The van der Waals surface area contributed by atoms with Crippen LogP contribution >= 0.6 is 0 Å². The zero-order valence-electron chi connectivity index (χ0n) is 33.3. The molecule has 0 heterocycles. The average Bonchev–Trinajstić information content (AvgIpc) is 3.51. The Balaban J connectivity index is 0.00000600. The van der Waals surface area contributed by atoms with Crippen LogP contribution in [0.4, 0.5) is 0 Å². The maximum Gasteiger partial charge on any atom is 4.00 e. The van der Waals surface area contributed by atoms with Gasteiger partial charge >= 0.3 is 21.7 Å². The summed E-state index contributed by atoms with van der Waals surface area (Å²) in [6.07, 6.45) is 1.15. The second-order valence-corrected chi connectivity index (χ2v) is 19.9. The van der Waals surface area contributed by atoms with Gasteiger partial charge < -0.3 is 37.2 Å². The van der Waals surface area contributed by atoms with E-state index in [0.717, 1.165) is 6.42 Å². The molecule has 0 N–H and O–H groups in total. The van der Waals surface area contributed by atoms with Crippen LogP contribution in [-0.2, 0) is 21.7 Å². The van der Waals surface area contributed by atoms with Gasteiger partial charge in [-0.15, -0.1) is 5.19 Å². The Morgan fingerprint density at radius 3 is 0.920 bits per heavy atom. The number of hydrogen-bond acceptors (Lipinski definition) is 0. The van der Waals surface area contributed by atoms with Crippen molar-refractivity contribution in [1.82, 2.24) is 0 Å². The molecule has 1 unspecified atom stereocenters. The predicted octanol–water partition coefficient (Wildman–Crippen LogP) is 2.05. The van der Waals surface area contributed by atoms with Gasteiger partial charge in [0.05, 0.1) is 0 Å². The fourth-order valence-electron chi connectivity index (χ4n) is 6.92. The summed E-state index contributed by atoms with van der Waals surface area (Å²) in [5.41, 5.74) is 10.2. The molecule has 0 spiro atoms. The van der Waals surface area contributed by atoms with Crippen LogP contribution in [0.1, 0.15) is 184 Å². The van der Waals surface area contributed by atoms with Crippen molar-refractivity contribution in [1.29, 1.82) is 0 Å². The SMILES string of the molecule is CCC(C)c1cc[c-]([Si](c2cc(C(C)C)cc(C(C)C)c2)(c2cc(C(C)C)cc(C(C)C)c2)c2cc(C(C)C)cc(C(C)C)c2)c1.[Cl-].[Cl-].[Cl-].[Ti+4]. The van der Waals surface area contributed by atoms with Crippen molar-refractivity contribution in [3.05, 3.63) is 112 Å². The molecule has 50 heavy (non-hydrogen) atoms. The molecule has 5 heteroatoms. The van der Waals surface area contributed by atoms with Crippen LogP contribution in [0.2, 0.25) is 0 Å². The van der Waals surface area contributed by atoms with Gasteiger partial charge in [-0.2, -0.15) is 17.7 Å². The Kier molecular flexibility index (Phi) is 19.8. The minimum atomic E-state index is -2.80.